The minimum atomic E-state index is -0.523. The molecule has 6 nitrogen and oxygen atoms in total. The van der Waals surface area contributed by atoms with Crippen LogP contribution in [-0.2, 0) is 0 Å². The highest BCUT2D eigenvalue weighted by atomic mass is 16.6. The molecular formula is C15H14N2O4. The van der Waals surface area contributed by atoms with Crippen LogP contribution in [0.2, 0.25) is 0 Å². The van der Waals surface area contributed by atoms with E-state index >= 15 is 0 Å². The fourth-order valence-electron chi connectivity index (χ4n) is 1.98. The molecule has 0 fully saturated rings. The van der Waals surface area contributed by atoms with Gasteiger partial charge in [0.05, 0.1) is 17.6 Å². The van der Waals surface area contributed by atoms with Gasteiger partial charge in [-0.1, -0.05) is 24.3 Å². The van der Waals surface area contributed by atoms with E-state index in [0.717, 1.165) is 0 Å². The van der Waals surface area contributed by atoms with E-state index in [2.05, 4.69) is 5.32 Å². The molecular weight excluding hydrogens is 272 g/mol. The van der Waals surface area contributed by atoms with Gasteiger partial charge in [0.15, 0.2) is 0 Å². The molecule has 0 saturated carbocycles. The van der Waals surface area contributed by atoms with Gasteiger partial charge in [-0.05, 0) is 24.6 Å². The van der Waals surface area contributed by atoms with Crippen molar-refractivity contribution in [2.45, 2.75) is 6.92 Å². The third-order valence-electron chi connectivity index (χ3n) is 3.04. The molecule has 0 bridgehead atoms. The van der Waals surface area contributed by atoms with E-state index < -0.39 is 10.8 Å². The Hall–Kier alpha value is -2.89. The lowest BCUT2D eigenvalue weighted by Crippen LogP contribution is -2.15. The molecule has 0 radical (unpaired) electrons. The molecule has 1 N–H and O–H groups in total. The summed E-state index contributed by atoms with van der Waals surface area (Å²) in [6.07, 6.45) is 0. The van der Waals surface area contributed by atoms with Crippen molar-refractivity contribution in [1.82, 2.24) is 0 Å². The normalized spacial score (nSPS) is 10.0. The number of benzene rings is 2. The van der Waals surface area contributed by atoms with Gasteiger partial charge in [-0.3, -0.25) is 14.9 Å². The van der Waals surface area contributed by atoms with E-state index in [1.165, 1.54) is 13.2 Å². The first-order valence-corrected chi connectivity index (χ1v) is 6.23. The molecule has 0 aliphatic carbocycles. The molecule has 0 aliphatic rings. The Balaban J connectivity index is 2.38. The number of methoxy groups -OCH3 is 1. The van der Waals surface area contributed by atoms with E-state index in [1.54, 1.807) is 43.3 Å². The van der Waals surface area contributed by atoms with E-state index in [1.807, 2.05) is 0 Å². The smallest absolute Gasteiger partial charge is 0.293 e. The highest BCUT2D eigenvalue weighted by molar-refractivity contribution is 6.07. The van der Waals surface area contributed by atoms with Gasteiger partial charge in [-0.2, -0.15) is 0 Å². The lowest BCUT2D eigenvalue weighted by atomic mass is 10.1. The van der Waals surface area contributed by atoms with Crippen LogP contribution >= 0.6 is 0 Å². The minimum absolute atomic E-state index is 0.141. The van der Waals surface area contributed by atoms with Crippen LogP contribution in [0, 0.1) is 17.0 Å². The van der Waals surface area contributed by atoms with Crippen LogP contribution in [0.15, 0.2) is 42.5 Å². The number of hydrogen-bond donors (Lipinski definition) is 1. The standard InChI is InChI=1S/C15H14N2O4/c1-10-6-5-8-12(17(19)20)14(10)16-15(18)11-7-3-4-9-13(11)21-2/h3-9H,1-2H3,(H,16,18). The number of nitro groups is 1. The van der Waals surface area contributed by atoms with Crippen LogP contribution < -0.4 is 10.1 Å². The van der Waals surface area contributed by atoms with E-state index in [-0.39, 0.29) is 11.4 Å². The zero-order chi connectivity index (χ0) is 15.4. The van der Waals surface area contributed by atoms with Crippen LogP contribution in [-0.4, -0.2) is 17.9 Å². The summed E-state index contributed by atoms with van der Waals surface area (Å²) in [6, 6.07) is 11.3. The number of anilines is 1. The van der Waals surface area contributed by atoms with Gasteiger partial charge in [-0.25, -0.2) is 0 Å². The second-order valence-electron chi connectivity index (χ2n) is 4.38. The average Bonchev–Trinajstić information content (AvgIpc) is 2.48. The van der Waals surface area contributed by atoms with Crippen molar-refractivity contribution >= 4 is 17.3 Å². The number of nitro benzene ring substituents is 1. The SMILES string of the molecule is COc1ccccc1C(=O)Nc1c(C)cccc1[N+](=O)[O-]. The number of nitrogens with zero attached hydrogens (tertiary/aromatic N) is 1. The third kappa shape index (κ3) is 3.00. The number of carbonyl (C=O) groups is 1. The van der Waals surface area contributed by atoms with Crippen molar-refractivity contribution in [3.63, 3.8) is 0 Å². The van der Waals surface area contributed by atoms with Gasteiger partial charge in [0.2, 0.25) is 0 Å². The second-order valence-corrected chi connectivity index (χ2v) is 4.38. The first-order chi connectivity index (χ1) is 10.0. The Morgan fingerprint density at radius 2 is 1.90 bits per heavy atom. The van der Waals surface area contributed by atoms with Crippen molar-refractivity contribution in [2.24, 2.45) is 0 Å². The quantitative estimate of drug-likeness (QED) is 0.691. The van der Waals surface area contributed by atoms with Crippen molar-refractivity contribution in [2.75, 3.05) is 12.4 Å². The van der Waals surface area contributed by atoms with E-state index in [4.69, 9.17) is 4.74 Å². The van der Waals surface area contributed by atoms with Crippen LogP contribution in [0.25, 0.3) is 0 Å². The number of aryl methyl sites for hydroxylation is 1. The minimum Gasteiger partial charge on any atom is -0.496 e. The van der Waals surface area contributed by atoms with E-state index in [9.17, 15) is 14.9 Å². The summed E-state index contributed by atoms with van der Waals surface area (Å²) in [7, 11) is 1.46. The molecule has 0 heterocycles. The third-order valence-corrected chi connectivity index (χ3v) is 3.04. The summed E-state index contributed by atoms with van der Waals surface area (Å²) in [6.45, 7) is 1.70. The van der Waals surface area contributed by atoms with Gasteiger partial charge in [0.25, 0.3) is 11.6 Å². The highest BCUT2D eigenvalue weighted by Gasteiger charge is 2.19. The lowest BCUT2D eigenvalue weighted by Gasteiger charge is -2.11. The van der Waals surface area contributed by atoms with Gasteiger partial charge in [0.1, 0.15) is 11.4 Å². The molecule has 2 aromatic carbocycles. The Labute approximate surface area is 121 Å². The monoisotopic (exact) mass is 286 g/mol. The first kappa shape index (κ1) is 14.5. The first-order valence-electron chi connectivity index (χ1n) is 6.23. The molecule has 6 heteroatoms. The summed E-state index contributed by atoms with van der Waals surface area (Å²) < 4.78 is 5.12. The van der Waals surface area contributed by atoms with Gasteiger partial charge in [-0.15, -0.1) is 0 Å². The van der Waals surface area contributed by atoms with Crippen LogP contribution in [0.5, 0.6) is 5.75 Å². The Morgan fingerprint density at radius 1 is 1.19 bits per heavy atom. The summed E-state index contributed by atoms with van der Waals surface area (Å²) in [5.74, 6) is -0.0453. The average molecular weight is 286 g/mol. The van der Waals surface area contributed by atoms with Gasteiger partial charge in [0, 0.05) is 6.07 Å². The molecule has 0 atom stereocenters. The molecule has 21 heavy (non-hydrogen) atoms. The number of hydrogen-bond acceptors (Lipinski definition) is 4. The lowest BCUT2D eigenvalue weighted by molar-refractivity contribution is -0.383. The molecule has 0 unspecified atom stereocenters. The van der Waals surface area contributed by atoms with Crippen LogP contribution in [0.4, 0.5) is 11.4 Å². The zero-order valence-electron chi connectivity index (χ0n) is 11.6. The fraction of sp³-hybridized carbons (Fsp3) is 0.133. The molecule has 0 spiro atoms. The van der Waals surface area contributed by atoms with Gasteiger partial charge < -0.3 is 10.1 Å². The largest absolute Gasteiger partial charge is 0.496 e. The number of rotatable bonds is 4. The maximum Gasteiger partial charge on any atom is 0.293 e. The van der Waals surface area contributed by atoms with Crippen LogP contribution in [0.3, 0.4) is 0 Å². The molecule has 0 saturated heterocycles. The molecule has 0 aromatic heterocycles. The maximum atomic E-state index is 12.3. The topological polar surface area (TPSA) is 81.5 Å². The molecule has 1 amide bonds. The van der Waals surface area contributed by atoms with Crippen molar-refractivity contribution in [1.29, 1.82) is 0 Å². The summed E-state index contributed by atoms with van der Waals surface area (Å²) in [5.41, 5.74) is 0.988. The van der Waals surface area contributed by atoms with Gasteiger partial charge >= 0.3 is 0 Å². The van der Waals surface area contributed by atoms with Crippen molar-refractivity contribution in [3.05, 3.63) is 63.7 Å². The summed E-state index contributed by atoms with van der Waals surface area (Å²) in [5, 5.41) is 13.6. The molecule has 2 aromatic rings. The Morgan fingerprint density at radius 3 is 2.57 bits per heavy atom. The highest BCUT2D eigenvalue weighted by Crippen LogP contribution is 2.29. The number of ether oxygens (including phenoxy) is 1. The number of para-hydroxylation sites is 2. The fourth-order valence-corrected chi connectivity index (χ4v) is 1.98. The second kappa shape index (κ2) is 6.04. The van der Waals surface area contributed by atoms with Crippen molar-refractivity contribution in [3.8, 4) is 5.75 Å². The van der Waals surface area contributed by atoms with E-state index in [0.29, 0.717) is 16.9 Å². The Kier molecular flexibility index (Phi) is 4.18. The van der Waals surface area contributed by atoms with Crippen LogP contribution in [0.1, 0.15) is 15.9 Å². The Bertz CT molecular complexity index is 698. The molecule has 2 rings (SSSR count). The maximum absolute atomic E-state index is 12.3. The number of amides is 1. The van der Waals surface area contributed by atoms with Crippen molar-refractivity contribution < 1.29 is 14.5 Å². The predicted octanol–water partition coefficient (Wildman–Crippen LogP) is 3.16. The number of carbonyl (C=O) groups excluding carboxylic acids is 1. The zero-order valence-corrected chi connectivity index (χ0v) is 11.6. The number of nitrogens with one attached hydrogen (secondary N) is 1. The molecule has 0 aliphatic heterocycles. The summed E-state index contributed by atoms with van der Waals surface area (Å²) in [4.78, 5) is 22.8. The summed E-state index contributed by atoms with van der Waals surface area (Å²) >= 11 is 0. The molecule has 108 valence electrons. The predicted molar refractivity (Wildman–Crippen MR) is 78.8 cm³/mol.